The number of rotatable bonds is 7. The van der Waals surface area contributed by atoms with Gasteiger partial charge in [0, 0.05) is 49.9 Å². The molecule has 6 heteroatoms. The molecule has 0 saturated heterocycles. The standard InChI is InChI=1S/C20H26N4O2/c1-4-14(5-2)22-19(25)16-7-6-8-17-18(16)12-24(20(17)26)10-9-15-11-23(3)13-21-15/h6-8,11,13-14H,4-5,9-10,12H2,1-3H3,(H,22,25). The first-order valence-corrected chi connectivity index (χ1v) is 9.22. The molecular formula is C20H26N4O2. The monoisotopic (exact) mass is 354 g/mol. The number of hydrogen-bond donors (Lipinski definition) is 1. The Morgan fingerprint density at radius 3 is 2.73 bits per heavy atom. The number of imidazole rings is 1. The quantitative estimate of drug-likeness (QED) is 0.831. The Hall–Kier alpha value is -2.63. The van der Waals surface area contributed by atoms with Crippen molar-refractivity contribution < 1.29 is 9.59 Å². The zero-order valence-corrected chi connectivity index (χ0v) is 15.7. The van der Waals surface area contributed by atoms with Crippen molar-refractivity contribution in [2.75, 3.05) is 6.54 Å². The first kappa shape index (κ1) is 18.2. The third-order valence-corrected chi connectivity index (χ3v) is 5.00. The normalized spacial score (nSPS) is 13.4. The van der Waals surface area contributed by atoms with E-state index in [0.717, 1.165) is 24.1 Å². The number of nitrogens with zero attached hydrogens (tertiary/aromatic N) is 3. The van der Waals surface area contributed by atoms with Crippen LogP contribution in [-0.4, -0.2) is 38.9 Å². The van der Waals surface area contributed by atoms with Gasteiger partial charge in [-0.1, -0.05) is 19.9 Å². The number of nitrogens with one attached hydrogen (secondary N) is 1. The van der Waals surface area contributed by atoms with Crippen LogP contribution in [0.4, 0.5) is 0 Å². The average molecular weight is 354 g/mol. The zero-order valence-electron chi connectivity index (χ0n) is 15.7. The minimum Gasteiger partial charge on any atom is -0.349 e. The third-order valence-electron chi connectivity index (χ3n) is 5.00. The summed E-state index contributed by atoms with van der Waals surface area (Å²) in [6.07, 6.45) is 6.22. The number of benzene rings is 1. The SMILES string of the molecule is CCC(CC)NC(=O)c1cccc2c1CN(CCc1cn(C)cn1)C2=O. The van der Waals surface area contributed by atoms with Gasteiger partial charge in [-0.2, -0.15) is 0 Å². The molecule has 0 saturated carbocycles. The first-order chi connectivity index (χ1) is 12.5. The lowest BCUT2D eigenvalue weighted by molar-refractivity contribution is 0.0778. The first-order valence-electron chi connectivity index (χ1n) is 9.22. The Kier molecular flexibility index (Phi) is 5.40. The van der Waals surface area contributed by atoms with E-state index in [2.05, 4.69) is 24.1 Å². The van der Waals surface area contributed by atoms with Crippen molar-refractivity contribution in [1.82, 2.24) is 19.8 Å². The number of fused-ring (bicyclic) bond motifs is 1. The van der Waals surface area contributed by atoms with Crippen LogP contribution in [0.1, 0.15) is 58.7 Å². The molecule has 2 heterocycles. The van der Waals surface area contributed by atoms with Crippen LogP contribution in [0.15, 0.2) is 30.7 Å². The Labute approximate surface area is 154 Å². The van der Waals surface area contributed by atoms with E-state index >= 15 is 0 Å². The van der Waals surface area contributed by atoms with Gasteiger partial charge in [0.1, 0.15) is 0 Å². The van der Waals surface area contributed by atoms with Crippen molar-refractivity contribution in [3.63, 3.8) is 0 Å². The Bertz CT molecular complexity index is 808. The van der Waals surface area contributed by atoms with E-state index in [0.29, 0.717) is 30.6 Å². The molecule has 1 aliphatic rings. The maximum atomic E-state index is 12.7. The van der Waals surface area contributed by atoms with Gasteiger partial charge < -0.3 is 14.8 Å². The summed E-state index contributed by atoms with van der Waals surface area (Å²) in [5.74, 6) is -0.0944. The molecule has 0 aliphatic carbocycles. The highest BCUT2D eigenvalue weighted by atomic mass is 16.2. The Balaban J connectivity index is 1.73. The van der Waals surface area contributed by atoms with Gasteiger partial charge >= 0.3 is 0 Å². The average Bonchev–Trinajstić information content (AvgIpc) is 3.20. The number of aromatic nitrogens is 2. The second kappa shape index (κ2) is 7.72. The molecule has 0 radical (unpaired) electrons. The van der Waals surface area contributed by atoms with Gasteiger partial charge in [0.2, 0.25) is 0 Å². The lowest BCUT2D eigenvalue weighted by Crippen LogP contribution is -2.34. The topological polar surface area (TPSA) is 67.2 Å². The molecule has 0 fully saturated rings. The number of carbonyl (C=O) groups excluding carboxylic acids is 2. The predicted octanol–water partition coefficient (Wildman–Crippen LogP) is 2.54. The summed E-state index contributed by atoms with van der Waals surface area (Å²) in [5, 5.41) is 3.07. The summed E-state index contributed by atoms with van der Waals surface area (Å²) in [4.78, 5) is 31.5. The number of hydrogen-bond acceptors (Lipinski definition) is 3. The van der Waals surface area contributed by atoms with Crippen LogP contribution in [0.25, 0.3) is 0 Å². The van der Waals surface area contributed by atoms with E-state index in [1.807, 2.05) is 29.9 Å². The molecule has 1 aliphatic heterocycles. The lowest BCUT2D eigenvalue weighted by atomic mass is 10.0. The minimum absolute atomic E-state index is 0.00638. The summed E-state index contributed by atoms with van der Waals surface area (Å²) >= 11 is 0. The number of amides is 2. The highest BCUT2D eigenvalue weighted by Crippen LogP contribution is 2.26. The molecule has 1 aromatic carbocycles. The third kappa shape index (κ3) is 3.64. The molecule has 0 atom stereocenters. The summed E-state index contributed by atoms with van der Waals surface area (Å²) < 4.78 is 1.90. The van der Waals surface area contributed by atoms with Gasteiger partial charge in [0.15, 0.2) is 0 Å². The van der Waals surface area contributed by atoms with Crippen LogP contribution in [-0.2, 0) is 20.0 Å². The second-order valence-electron chi connectivity index (χ2n) is 6.83. The smallest absolute Gasteiger partial charge is 0.254 e. The Morgan fingerprint density at radius 2 is 2.08 bits per heavy atom. The van der Waals surface area contributed by atoms with Crippen LogP contribution >= 0.6 is 0 Å². The molecule has 1 N–H and O–H groups in total. The maximum Gasteiger partial charge on any atom is 0.254 e. The van der Waals surface area contributed by atoms with Crippen LogP contribution in [0, 0.1) is 0 Å². The molecule has 2 aromatic rings. The summed E-state index contributed by atoms with van der Waals surface area (Å²) in [6.45, 7) is 5.20. The van der Waals surface area contributed by atoms with Gasteiger partial charge in [0.05, 0.1) is 12.0 Å². The number of carbonyl (C=O) groups is 2. The van der Waals surface area contributed by atoms with Crippen LogP contribution in [0.3, 0.4) is 0 Å². The van der Waals surface area contributed by atoms with Gasteiger partial charge in [0.25, 0.3) is 11.8 Å². The molecule has 138 valence electrons. The second-order valence-corrected chi connectivity index (χ2v) is 6.83. The molecule has 2 amide bonds. The van der Waals surface area contributed by atoms with E-state index in [1.165, 1.54) is 0 Å². The van der Waals surface area contributed by atoms with Crippen molar-refractivity contribution in [1.29, 1.82) is 0 Å². The summed E-state index contributed by atoms with van der Waals surface area (Å²) in [5.41, 5.74) is 3.05. The maximum absolute atomic E-state index is 12.7. The zero-order chi connectivity index (χ0) is 18.7. The Morgan fingerprint density at radius 1 is 1.31 bits per heavy atom. The number of aryl methyl sites for hydroxylation is 1. The molecule has 0 bridgehead atoms. The van der Waals surface area contributed by atoms with E-state index in [9.17, 15) is 9.59 Å². The van der Waals surface area contributed by atoms with Crippen molar-refractivity contribution >= 4 is 11.8 Å². The lowest BCUT2D eigenvalue weighted by Gasteiger charge is -2.16. The van der Waals surface area contributed by atoms with Crippen LogP contribution in [0.5, 0.6) is 0 Å². The van der Waals surface area contributed by atoms with Crippen molar-refractivity contribution in [2.45, 2.75) is 45.7 Å². The summed E-state index contributed by atoms with van der Waals surface area (Å²) in [6, 6.07) is 5.58. The van der Waals surface area contributed by atoms with Gasteiger partial charge in [-0.15, -0.1) is 0 Å². The molecule has 3 rings (SSSR count). The van der Waals surface area contributed by atoms with E-state index in [1.54, 1.807) is 17.3 Å². The van der Waals surface area contributed by atoms with Crippen molar-refractivity contribution in [3.05, 3.63) is 53.1 Å². The fourth-order valence-electron chi connectivity index (χ4n) is 3.39. The predicted molar refractivity (Wildman–Crippen MR) is 99.9 cm³/mol. The van der Waals surface area contributed by atoms with Gasteiger partial charge in [-0.25, -0.2) is 4.98 Å². The van der Waals surface area contributed by atoms with Crippen molar-refractivity contribution in [2.24, 2.45) is 7.05 Å². The fourth-order valence-corrected chi connectivity index (χ4v) is 3.39. The van der Waals surface area contributed by atoms with Crippen LogP contribution < -0.4 is 5.32 Å². The molecule has 26 heavy (non-hydrogen) atoms. The van der Waals surface area contributed by atoms with E-state index < -0.39 is 0 Å². The fraction of sp³-hybridized carbons (Fsp3) is 0.450. The highest BCUT2D eigenvalue weighted by molar-refractivity contribution is 6.04. The van der Waals surface area contributed by atoms with Crippen LogP contribution in [0.2, 0.25) is 0 Å². The molecule has 1 aromatic heterocycles. The molecule has 0 spiro atoms. The van der Waals surface area contributed by atoms with Crippen molar-refractivity contribution in [3.8, 4) is 0 Å². The summed E-state index contributed by atoms with van der Waals surface area (Å²) in [7, 11) is 1.93. The molecule has 6 nitrogen and oxygen atoms in total. The molecular weight excluding hydrogens is 328 g/mol. The van der Waals surface area contributed by atoms with E-state index in [-0.39, 0.29) is 17.9 Å². The molecule has 0 unspecified atom stereocenters. The van der Waals surface area contributed by atoms with E-state index in [4.69, 9.17) is 0 Å². The highest BCUT2D eigenvalue weighted by Gasteiger charge is 2.30. The largest absolute Gasteiger partial charge is 0.349 e. The van der Waals surface area contributed by atoms with Gasteiger partial charge in [-0.05, 0) is 30.5 Å². The van der Waals surface area contributed by atoms with Gasteiger partial charge in [-0.3, -0.25) is 9.59 Å². The minimum atomic E-state index is -0.0880.